The third kappa shape index (κ3) is 4.09. The van der Waals surface area contributed by atoms with Crippen molar-refractivity contribution >= 4 is 17.5 Å². The molecule has 0 radical (unpaired) electrons. The van der Waals surface area contributed by atoms with E-state index >= 15 is 0 Å². The monoisotopic (exact) mass is 453 g/mol. The Balaban J connectivity index is 1.53. The van der Waals surface area contributed by atoms with E-state index in [-0.39, 0.29) is 5.91 Å². The highest BCUT2D eigenvalue weighted by molar-refractivity contribution is 6.06. The minimum Gasteiger partial charge on any atom is -0.495 e. The lowest BCUT2D eigenvalue weighted by atomic mass is 9.94. The Bertz CT molecular complexity index is 1360. The maximum atomic E-state index is 13.6. The van der Waals surface area contributed by atoms with Gasteiger partial charge in [-0.15, -0.1) is 0 Å². The summed E-state index contributed by atoms with van der Waals surface area (Å²) in [6.45, 7) is 1.85. The summed E-state index contributed by atoms with van der Waals surface area (Å²) in [7, 11) is 1.57. The van der Waals surface area contributed by atoms with Gasteiger partial charge in [0.2, 0.25) is 5.95 Å². The molecule has 8 nitrogen and oxygen atoms in total. The smallest absolute Gasteiger partial charge is 0.255 e. The fraction of sp³-hybridized carbons (Fsp3) is 0.115. The summed E-state index contributed by atoms with van der Waals surface area (Å²) in [6.07, 6.45) is 1.47. The third-order valence-electron chi connectivity index (χ3n) is 5.55. The average molecular weight is 454 g/mol. The summed E-state index contributed by atoms with van der Waals surface area (Å²) in [6, 6.07) is 24.0. The lowest BCUT2D eigenvalue weighted by Gasteiger charge is -2.29. The fourth-order valence-corrected chi connectivity index (χ4v) is 4.00. The molecule has 4 aromatic rings. The number of carbonyl (C=O) groups is 1. The molecule has 1 aromatic heterocycles. The van der Waals surface area contributed by atoms with Gasteiger partial charge >= 0.3 is 0 Å². The lowest BCUT2D eigenvalue weighted by molar-refractivity contribution is -0.113. The Labute approximate surface area is 196 Å². The number of rotatable bonds is 6. The van der Waals surface area contributed by atoms with Crippen LogP contribution >= 0.6 is 0 Å². The van der Waals surface area contributed by atoms with Gasteiger partial charge in [0, 0.05) is 5.70 Å². The van der Waals surface area contributed by atoms with E-state index in [4.69, 9.17) is 9.47 Å². The van der Waals surface area contributed by atoms with Crippen LogP contribution in [0.5, 0.6) is 17.2 Å². The summed E-state index contributed by atoms with van der Waals surface area (Å²) < 4.78 is 13.1. The van der Waals surface area contributed by atoms with Crippen LogP contribution in [0.1, 0.15) is 18.5 Å². The first-order valence-corrected chi connectivity index (χ1v) is 10.8. The molecule has 170 valence electrons. The molecular weight excluding hydrogens is 430 g/mol. The Morgan fingerprint density at radius 3 is 2.59 bits per heavy atom. The minimum absolute atomic E-state index is 0.268. The molecule has 0 spiro atoms. The molecule has 0 fully saturated rings. The lowest BCUT2D eigenvalue weighted by Crippen LogP contribution is -2.31. The van der Waals surface area contributed by atoms with Gasteiger partial charge < -0.3 is 20.1 Å². The maximum absolute atomic E-state index is 13.6. The normalized spacial score (nSPS) is 14.7. The van der Waals surface area contributed by atoms with Gasteiger partial charge in [-0.3, -0.25) is 4.79 Å². The van der Waals surface area contributed by atoms with Crippen LogP contribution in [0.15, 0.2) is 96.5 Å². The van der Waals surface area contributed by atoms with Crippen LogP contribution in [0.2, 0.25) is 0 Å². The number of ether oxygens (including phenoxy) is 2. The molecule has 0 saturated carbocycles. The zero-order chi connectivity index (χ0) is 23.5. The first-order valence-electron chi connectivity index (χ1n) is 10.8. The van der Waals surface area contributed by atoms with E-state index < -0.39 is 6.04 Å². The second-order valence-electron chi connectivity index (χ2n) is 7.74. The number of para-hydroxylation sites is 3. The SMILES string of the molecule is COc1ccccc1NC(=O)C1=C(C)Nc2ncnn2[C@@H]1c1cccc(Oc2ccccc2)c1. The Morgan fingerprint density at radius 2 is 1.76 bits per heavy atom. The van der Waals surface area contributed by atoms with E-state index in [9.17, 15) is 4.79 Å². The molecule has 0 bridgehead atoms. The molecule has 0 saturated heterocycles. The van der Waals surface area contributed by atoms with Crippen LogP contribution in [0, 0.1) is 0 Å². The van der Waals surface area contributed by atoms with Crippen LogP contribution in [0.25, 0.3) is 0 Å². The number of allylic oxidation sites excluding steroid dienone is 1. The van der Waals surface area contributed by atoms with Crippen molar-refractivity contribution in [2.75, 3.05) is 17.7 Å². The predicted octanol–water partition coefficient (Wildman–Crippen LogP) is 5.01. The molecule has 2 heterocycles. The maximum Gasteiger partial charge on any atom is 0.255 e. The molecule has 0 aliphatic carbocycles. The number of benzene rings is 3. The van der Waals surface area contributed by atoms with E-state index in [1.807, 2.05) is 73.7 Å². The van der Waals surface area contributed by atoms with Gasteiger partial charge in [0.25, 0.3) is 5.91 Å². The van der Waals surface area contributed by atoms with Gasteiger partial charge in [-0.2, -0.15) is 10.1 Å². The molecule has 3 aromatic carbocycles. The van der Waals surface area contributed by atoms with E-state index in [2.05, 4.69) is 20.7 Å². The molecule has 34 heavy (non-hydrogen) atoms. The van der Waals surface area contributed by atoms with Gasteiger partial charge in [0.1, 0.15) is 29.6 Å². The molecule has 5 rings (SSSR count). The number of methoxy groups -OCH3 is 1. The van der Waals surface area contributed by atoms with Crippen LogP contribution in [-0.4, -0.2) is 27.8 Å². The number of fused-ring (bicyclic) bond motifs is 1. The molecule has 0 unspecified atom stereocenters. The number of anilines is 2. The number of nitrogens with zero attached hydrogens (tertiary/aromatic N) is 3. The highest BCUT2D eigenvalue weighted by Gasteiger charge is 2.34. The minimum atomic E-state index is -0.507. The van der Waals surface area contributed by atoms with E-state index in [1.165, 1.54) is 6.33 Å². The first-order chi connectivity index (χ1) is 16.6. The quantitative estimate of drug-likeness (QED) is 0.427. The van der Waals surface area contributed by atoms with Crippen molar-refractivity contribution in [3.8, 4) is 17.2 Å². The topological polar surface area (TPSA) is 90.3 Å². The van der Waals surface area contributed by atoms with Gasteiger partial charge in [-0.1, -0.05) is 42.5 Å². The largest absolute Gasteiger partial charge is 0.495 e. The van der Waals surface area contributed by atoms with Crippen molar-refractivity contribution < 1.29 is 14.3 Å². The van der Waals surface area contributed by atoms with E-state index in [1.54, 1.807) is 23.9 Å². The third-order valence-corrected chi connectivity index (χ3v) is 5.55. The summed E-state index contributed by atoms with van der Waals surface area (Å²) >= 11 is 0. The number of amides is 1. The molecule has 2 N–H and O–H groups in total. The summed E-state index contributed by atoms with van der Waals surface area (Å²) in [5.41, 5.74) is 2.62. The van der Waals surface area contributed by atoms with Crippen molar-refractivity contribution in [2.24, 2.45) is 0 Å². The zero-order valence-corrected chi connectivity index (χ0v) is 18.7. The highest BCUT2D eigenvalue weighted by atomic mass is 16.5. The predicted molar refractivity (Wildman–Crippen MR) is 129 cm³/mol. The highest BCUT2D eigenvalue weighted by Crippen LogP contribution is 2.37. The Hall–Kier alpha value is -4.59. The van der Waals surface area contributed by atoms with Crippen LogP contribution in [0.4, 0.5) is 11.6 Å². The van der Waals surface area contributed by atoms with Gasteiger partial charge in [-0.25, -0.2) is 4.68 Å². The number of nitrogens with one attached hydrogen (secondary N) is 2. The molecular formula is C26H23N5O3. The van der Waals surface area contributed by atoms with Crippen molar-refractivity contribution in [1.82, 2.24) is 14.8 Å². The number of aromatic nitrogens is 3. The summed E-state index contributed by atoms with van der Waals surface area (Å²) in [5.74, 6) is 2.26. The van der Waals surface area contributed by atoms with Crippen LogP contribution in [-0.2, 0) is 4.79 Å². The van der Waals surface area contributed by atoms with Crippen molar-refractivity contribution in [3.63, 3.8) is 0 Å². The molecule has 1 atom stereocenters. The van der Waals surface area contributed by atoms with Crippen LogP contribution in [0.3, 0.4) is 0 Å². The molecule has 1 amide bonds. The summed E-state index contributed by atoms with van der Waals surface area (Å²) in [4.78, 5) is 17.9. The molecule has 1 aliphatic heterocycles. The number of hydrogen-bond donors (Lipinski definition) is 2. The Morgan fingerprint density at radius 1 is 1.00 bits per heavy atom. The Kier molecular flexibility index (Phi) is 5.70. The zero-order valence-electron chi connectivity index (χ0n) is 18.7. The second kappa shape index (κ2) is 9.11. The number of hydrogen-bond acceptors (Lipinski definition) is 6. The first kappa shape index (κ1) is 21.3. The molecule has 1 aliphatic rings. The van der Waals surface area contributed by atoms with Gasteiger partial charge in [-0.05, 0) is 48.9 Å². The second-order valence-corrected chi connectivity index (χ2v) is 7.74. The van der Waals surface area contributed by atoms with E-state index in [0.29, 0.717) is 34.4 Å². The van der Waals surface area contributed by atoms with E-state index in [0.717, 1.165) is 11.3 Å². The standard InChI is InChI=1S/C26H23N5O3/c1-17-23(25(32)30-21-13-6-7-14-22(21)33-2)24(31-26(29-17)27-16-28-31)18-9-8-12-20(15-18)34-19-10-4-3-5-11-19/h3-16,24H,1-2H3,(H,30,32)(H,27,28,29)/t24-/m1/s1. The van der Waals surface area contributed by atoms with Crippen LogP contribution < -0.4 is 20.1 Å². The van der Waals surface area contributed by atoms with Crippen molar-refractivity contribution in [2.45, 2.75) is 13.0 Å². The molecule has 8 heteroatoms. The van der Waals surface area contributed by atoms with Crippen molar-refractivity contribution in [3.05, 3.63) is 102 Å². The van der Waals surface area contributed by atoms with Crippen molar-refractivity contribution in [1.29, 1.82) is 0 Å². The average Bonchev–Trinajstić information content (AvgIpc) is 3.32. The number of carbonyl (C=O) groups excluding carboxylic acids is 1. The van der Waals surface area contributed by atoms with Gasteiger partial charge in [0.15, 0.2) is 0 Å². The summed E-state index contributed by atoms with van der Waals surface area (Å²) in [5, 5.41) is 10.6. The fourth-order valence-electron chi connectivity index (χ4n) is 4.00. The van der Waals surface area contributed by atoms with Gasteiger partial charge in [0.05, 0.1) is 18.4 Å².